The van der Waals surface area contributed by atoms with Crippen LogP contribution in [0, 0.1) is 11.6 Å². The van der Waals surface area contributed by atoms with Crippen molar-refractivity contribution >= 4 is 15.7 Å². The largest absolute Gasteiger partial charge is 0.352 e. The van der Waals surface area contributed by atoms with Gasteiger partial charge in [0.1, 0.15) is 0 Å². The lowest BCUT2D eigenvalue weighted by molar-refractivity contribution is 0.0953. The highest BCUT2D eigenvalue weighted by atomic mass is 32.2. The summed E-state index contributed by atoms with van der Waals surface area (Å²) in [6, 6.07) is 9.28. The van der Waals surface area contributed by atoms with Gasteiger partial charge in [-0.2, -0.15) is 0 Å². The third-order valence-electron chi connectivity index (χ3n) is 3.23. The lowest BCUT2D eigenvalue weighted by Crippen LogP contribution is -2.25. The van der Waals surface area contributed by atoms with Crippen LogP contribution in [0.1, 0.15) is 15.9 Å². The van der Waals surface area contributed by atoms with Crippen LogP contribution in [-0.2, 0) is 16.3 Å². The molecule has 0 saturated carbocycles. The molecule has 7 heteroatoms. The Labute approximate surface area is 133 Å². The van der Waals surface area contributed by atoms with Crippen LogP contribution in [0.3, 0.4) is 0 Å². The molecule has 2 aromatic rings. The smallest absolute Gasteiger partial charge is 0.251 e. The Hall–Kier alpha value is -2.28. The molecule has 1 amide bonds. The van der Waals surface area contributed by atoms with Crippen molar-refractivity contribution < 1.29 is 22.0 Å². The van der Waals surface area contributed by atoms with Gasteiger partial charge in [0, 0.05) is 18.4 Å². The van der Waals surface area contributed by atoms with Crippen molar-refractivity contribution in [1.82, 2.24) is 5.32 Å². The van der Waals surface area contributed by atoms with E-state index in [1.54, 1.807) is 12.1 Å². The number of benzene rings is 2. The molecule has 0 atom stereocenters. The van der Waals surface area contributed by atoms with Gasteiger partial charge in [-0.25, -0.2) is 17.2 Å². The number of amides is 1. The van der Waals surface area contributed by atoms with E-state index in [1.165, 1.54) is 18.2 Å². The van der Waals surface area contributed by atoms with Crippen LogP contribution >= 0.6 is 0 Å². The van der Waals surface area contributed by atoms with Crippen molar-refractivity contribution in [2.75, 3.05) is 12.8 Å². The Morgan fingerprint density at radius 3 is 2.26 bits per heavy atom. The van der Waals surface area contributed by atoms with Crippen molar-refractivity contribution in [2.24, 2.45) is 0 Å². The molecule has 0 saturated heterocycles. The standard InChI is InChI=1S/C16H15F2NO3S/c1-23(21,22)13-5-2-11(3-6-13)8-9-19-16(20)12-4-7-14(17)15(18)10-12/h2-7,10H,8-9H2,1H3,(H,19,20). The van der Waals surface area contributed by atoms with E-state index in [9.17, 15) is 22.0 Å². The van der Waals surface area contributed by atoms with Gasteiger partial charge in [0.2, 0.25) is 0 Å². The first-order chi connectivity index (χ1) is 10.8. The molecule has 2 rings (SSSR count). The zero-order chi connectivity index (χ0) is 17.0. The number of halogens is 2. The summed E-state index contributed by atoms with van der Waals surface area (Å²) in [6.45, 7) is 0.288. The van der Waals surface area contributed by atoms with E-state index < -0.39 is 27.4 Å². The van der Waals surface area contributed by atoms with Crippen LogP contribution < -0.4 is 5.32 Å². The quantitative estimate of drug-likeness (QED) is 0.909. The molecule has 0 spiro atoms. The number of rotatable bonds is 5. The molecule has 0 bridgehead atoms. The molecular weight excluding hydrogens is 324 g/mol. The fourth-order valence-corrected chi connectivity index (χ4v) is 2.59. The van der Waals surface area contributed by atoms with Gasteiger partial charge in [-0.15, -0.1) is 0 Å². The molecule has 0 heterocycles. The predicted molar refractivity (Wildman–Crippen MR) is 81.9 cm³/mol. The number of sulfone groups is 1. The average Bonchev–Trinajstić information content (AvgIpc) is 2.49. The summed E-state index contributed by atoms with van der Waals surface area (Å²) in [5.41, 5.74) is 0.888. The van der Waals surface area contributed by atoms with Gasteiger partial charge >= 0.3 is 0 Å². The Morgan fingerprint density at radius 2 is 1.70 bits per heavy atom. The van der Waals surface area contributed by atoms with Gasteiger partial charge in [-0.1, -0.05) is 12.1 Å². The van der Waals surface area contributed by atoms with Crippen molar-refractivity contribution in [1.29, 1.82) is 0 Å². The summed E-state index contributed by atoms with van der Waals surface area (Å²) < 4.78 is 48.5. The second kappa shape index (κ2) is 6.87. The first-order valence-corrected chi connectivity index (χ1v) is 8.69. The number of carbonyl (C=O) groups excluding carboxylic acids is 1. The van der Waals surface area contributed by atoms with Gasteiger partial charge in [0.05, 0.1) is 4.90 Å². The molecule has 0 aliphatic carbocycles. The van der Waals surface area contributed by atoms with E-state index in [4.69, 9.17) is 0 Å². The predicted octanol–water partition coefficient (Wildman–Crippen LogP) is 2.34. The van der Waals surface area contributed by atoms with Crippen LogP contribution in [-0.4, -0.2) is 27.1 Å². The lowest BCUT2D eigenvalue weighted by atomic mass is 10.1. The molecule has 23 heavy (non-hydrogen) atoms. The highest BCUT2D eigenvalue weighted by Gasteiger charge is 2.09. The van der Waals surface area contributed by atoms with Crippen LogP contribution in [0.25, 0.3) is 0 Å². The Kier molecular flexibility index (Phi) is 5.10. The summed E-state index contributed by atoms with van der Waals surface area (Å²) in [6.07, 6.45) is 1.61. The number of nitrogens with one attached hydrogen (secondary N) is 1. The molecule has 0 unspecified atom stereocenters. The minimum atomic E-state index is -3.23. The first kappa shape index (κ1) is 17.1. The molecule has 0 aliphatic heterocycles. The minimum absolute atomic E-state index is 0.0383. The van der Waals surface area contributed by atoms with Gasteiger partial charge < -0.3 is 5.32 Å². The molecule has 0 aromatic heterocycles. The number of hydrogen-bond donors (Lipinski definition) is 1. The molecule has 0 fully saturated rings. The molecule has 122 valence electrons. The van der Waals surface area contributed by atoms with Gasteiger partial charge in [0.25, 0.3) is 5.91 Å². The average molecular weight is 339 g/mol. The highest BCUT2D eigenvalue weighted by Crippen LogP contribution is 2.11. The molecule has 0 radical (unpaired) electrons. The maximum absolute atomic E-state index is 13.1. The minimum Gasteiger partial charge on any atom is -0.352 e. The summed E-state index contributed by atoms with van der Waals surface area (Å²) in [7, 11) is -3.23. The van der Waals surface area contributed by atoms with E-state index in [2.05, 4.69) is 5.32 Å². The monoisotopic (exact) mass is 339 g/mol. The maximum atomic E-state index is 13.1. The van der Waals surface area contributed by atoms with E-state index >= 15 is 0 Å². The van der Waals surface area contributed by atoms with E-state index in [1.807, 2.05) is 0 Å². The zero-order valence-corrected chi connectivity index (χ0v) is 13.2. The van der Waals surface area contributed by atoms with Gasteiger partial charge in [-0.05, 0) is 42.3 Å². The fourth-order valence-electron chi connectivity index (χ4n) is 1.96. The second-order valence-corrected chi connectivity index (χ2v) is 7.07. The maximum Gasteiger partial charge on any atom is 0.251 e. The third kappa shape index (κ3) is 4.59. The van der Waals surface area contributed by atoms with Crippen LogP contribution in [0.15, 0.2) is 47.4 Å². The van der Waals surface area contributed by atoms with E-state index in [-0.39, 0.29) is 17.0 Å². The third-order valence-corrected chi connectivity index (χ3v) is 4.36. The van der Waals surface area contributed by atoms with Crippen LogP contribution in [0.4, 0.5) is 8.78 Å². The SMILES string of the molecule is CS(=O)(=O)c1ccc(CCNC(=O)c2ccc(F)c(F)c2)cc1. The molecule has 2 aromatic carbocycles. The van der Waals surface area contributed by atoms with E-state index in [0.29, 0.717) is 6.42 Å². The van der Waals surface area contributed by atoms with Crippen molar-refractivity contribution in [3.05, 3.63) is 65.2 Å². The number of carbonyl (C=O) groups is 1. The lowest BCUT2D eigenvalue weighted by Gasteiger charge is -2.06. The summed E-state index contributed by atoms with van der Waals surface area (Å²) in [5.74, 6) is -2.59. The van der Waals surface area contributed by atoms with Crippen molar-refractivity contribution in [3.8, 4) is 0 Å². The Bertz CT molecular complexity index is 818. The molecule has 1 N–H and O–H groups in total. The van der Waals surface area contributed by atoms with Crippen molar-refractivity contribution in [2.45, 2.75) is 11.3 Å². The van der Waals surface area contributed by atoms with E-state index in [0.717, 1.165) is 24.0 Å². The highest BCUT2D eigenvalue weighted by molar-refractivity contribution is 7.90. The Morgan fingerprint density at radius 1 is 1.04 bits per heavy atom. The topological polar surface area (TPSA) is 63.2 Å². The number of hydrogen-bond acceptors (Lipinski definition) is 3. The normalized spacial score (nSPS) is 11.3. The fraction of sp³-hybridized carbons (Fsp3) is 0.188. The summed E-state index contributed by atoms with van der Waals surface area (Å²) >= 11 is 0. The summed E-state index contributed by atoms with van der Waals surface area (Å²) in [4.78, 5) is 12.0. The zero-order valence-electron chi connectivity index (χ0n) is 12.3. The second-order valence-electron chi connectivity index (χ2n) is 5.05. The van der Waals surface area contributed by atoms with Gasteiger partial charge in [0.15, 0.2) is 21.5 Å². The van der Waals surface area contributed by atoms with Crippen molar-refractivity contribution in [3.63, 3.8) is 0 Å². The Balaban J connectivity index is 1.91. The van der Waals surface area contributed by atoms with Gasteiger partial charge in [-0.3, -0.25) is 4.79 Å². The first-order valence-electron chi connectivity index (χ1n) is 6.79. The van der Waals surface area contributed by atoms with Crippen LogP contribution in [0.5, 0.6) is 0 Å². The molecular formula is C16H15F2NO3S. The molecule has 4 nitrogen and oxygen atoms in total. The van der Waals surface area contributed by atoms with Crippen LogP contribution in [0.2, 0.25) is 0 Å². The summed E-state index contributed by atoms with van der Waals surface area (Å²) in [5, 5.41) is 2.59. The molecule has 0 aliphatic rings.